The summed E-state index contributed by atoms with van der Waals surface area (Å²) in [4.78, 5) is 18.0. The molecular weight excluding hydrogens is 462 g/mol. The van der Waals surface area contributed by atoms with Crippen LogP contribution in [0.15, 0.2) is 78.9 Å². The van der Waals surface area contributed by atoms with E-state index in [-0.39, 0.29) is 12.0 Å². The van der Waals surface area contributed by atoms with Gasteiger partial charge in [-0.05, 0) is 106 Å². The van der Waals surface area contributed by atoms with Gasteiger partial charge >= 0.3 is 0 Å². The van der Waals surface area contributed by atoms with Gasteiger partial charge in [-0.2, -0.15) is 0 Å². The zero-order valence-electron chi connectivity index (χ0n) is 21.2. The summed E-state index contributed by atoms with van der Waals surface area (Å²) in [5, 5.41) is 19.5. The summed E-state index contributed by atoms with van der Waals surface area (Å²) in [6, 6.07) is 26.1. The van der Waals surface area contributed by atoms with Crippen molar-refractivity contribution in [3.8, 4) is 0 Å². The summed E-state index contributed by atoms with van der Waals surface area (Å²) in [6.07, 6.45) is 1.49. The summed E-state index contributed by atoms with van der Waals surface area (Å²) in [5.41, 5.74) is 8.38. The van der Waals surface area contributed by atoms with Crippen molar-refractivity contribution in [1.82, 2.24) is 4.98 Å². The van der Waals surface area contributed by atoms with Crippen LogP contribution in [0.5, 0.6) is 0 Å². The number of hydrogen-bond acceptors (Lipinski definition) is 5. The first-order valence-electron chi connectivity index (χ1n) is 12.7. The number of amides is 1. The van der Waals surface area contributed by atoms with Gasteiger partial charge in [-0.1, -0.05) is 0 Å². The highest BCUT2D eigenvalue weighted by Crippen LogP contribution is 2.26. The summed E-state index contributed by atoms with van der Waals surface area (Å²) >= 11 is 0. The summed E-state index contributed by atoms with van der Waals surface area (Å²) in [7, 11) is 0. The van der Waals surface area contributed by atoms with E-state index < -0.39 is 0 Å². The number of piperidine rings is 1. The third kappa shape index (κ3) is 6.13. The summed E-state index contributed by atoms with van der Waals surface area (Å²) < 4.78 is 0. The van der Waals surface area contributed by atoms with E-state index in [0.29, 0.717) is 5.56 Å². The maximum Gasteiger partial charge on any atom is 0.257 e. The monoisotopic (exact) mass is 495 g/mol. The first-order valence-corrected chi connectivity index (χ1v) is 12.7. The fourth-order valence-corrected chi connectivity index (χ4v) is 4.64. The van der Waals surface area contributed by atoms with Crippen LogP contribution in [-0.2, 0) is 0 Å². The van der Waals surface area contributed by atoms with Crippen LogP contribution >= 0.6 is 0 Å². The highest BCUT2D eigenvalue weighted by molar-refractivity contribution is 6.05. The standard InChI is InChI=1S/C30H33N5O2/c1-20-19-29(21(2)31-20)30(37)34-26-9-7-24(8-10-26)32-22-3-5-23(6-4-22)33-25-11-13-27(14-12-25)35-17-15-28(36)16-18-35/h3-14,19,28,31-33,36H,15-18H2,1-2H3,(H,34,37). The fourth-order valence-electron chi connectivity index (χ4n) is 4.64. The van der Waals surface area contributed by atoms with Gasteiger partial charge in [0.2, 0.25) is 0 Å². The van der Waals surface area contributed by atoms with E-state index >= 15 is 0 Å². The average molecular weight is 496 g/mol. The molecule has 4 aromatic rings. The molecule has 0 spiro atoms. The molecule has 1 saturated heterocycles. The molecule has 1 aliphatic rings. The molecule has 0 atom stereocenters. The number of carbonyl (C=O) groups is 1. The number of nitrogens with one attached hydrogen (secondary N) is 4. The number of carbonyl (C=O) groups excluding carboxylic acids is 1. The third-order valence-electron chi connectivity index (χ3n) is 6.70. The number of aliphatic hydroxyl groups excluding tert-OH is 1. The molecule has 0 saturated carbocycles. The third-order valence-corrected chi connectivity index (χ3v) is 6.70. The van der Waals surface area contributed by atoms with Crippen molar-refractivity contribution in [3.63, 3.8) is 0 Å². The predicted molar refractivity (Wildman–Crippen MR) is 152 cm³/mol. The Morgan fingerprint density at radius 1 is 0.784 bits per heavy atom. The number of nitrogens with zero attached hydrogens (tertiary/aromatic N) is 1. The molecule has 7 heteroatoms. The number of hydrogen-bond donors (Lipinski definition) is 5. The average Bonchev–Trinajstić information content (AvgIpc) is 3.25. The van der Waals surface area contributed by atoms with E-state index in [1.165, 1.54) is 5.69 Å². The van der Waals surface area contributed by atoms with Crippen LogP contribution in [0.1, 0.15) is 34.6 Å². The van der Waals surface area contributed by atoms with Crippen molar-refractivity contribution in [3.05, 3.63) is 95.8 Å². The minimum absolute atomic E-state index is 0.119. The van der Waals surface area contributed by atoms with Crippen molar-refractivity contribution in [2.45, 2.75) is 32.8 Å². The normalized spacial score (nSPS) is 13.9. The van der Waals surface area contributed by atoms with Crippen molar-refractivity contribution in [1.29, 1.82) is 0 Å². The molecule has 7 nitrogen and oxygen atoms in total. The number of anilines is 6. The second kappa shape index (κ2) is 10.8. The first kappa shape index (κ1) is 24.5. The number of aromatic amines is 1. The smallest absolute Gasteiger partial charge is 0.257 e. The fraction of sp³-hybridized carbons (Fsp3) is 0.233. The lowest BCUT2D eigenvalue weighted by molar-refractivity contribution is 0.102. The van der Waals surface area contributed by atoms with Crippen molar-refractivity contribution in [2.24, 2.45) is 0 Å². The number of aliphatic hydroxyl groups is 1. The van der Waals surface area contributed by atoms with Gasteiger partial charge < -0.3 is 30.9 Å². The highest BCUT2D eigenvalue weighted by Gasteiger charge is 2.17. The number of aromatic nitrogens is 1. The summed E-state index contributed by atoms with van der Waals surface area (Å²) in [6.45, 7) is 5.63. The number of rotatable bonds is 7. The Labute approximate surface area is 217 Å². The molecule has 1 aliphatic heterocycles. The Morgan fingerprint density at radius 3 is 1.70 bits per heavy atom. The Balaban J connectivity index is 1.14. The van der Waals surface area contributed by atoms with Crippen LogP contribution in [0.4, 0.5) is 34.1 Å². The minimum Gasteiger partial charge on any atom is -0.393 e. The van der Waals surface area contributed by atoms with Gasteiger partial charge in [0, 0.05) is 58.6 Å². The van der Waals surface area contributed by atoms with E-state index in [2.05, 4.69) is 50.1 Å². The molecule has 5 N–H and O–H groups in total. The number of H-pyrrole nitrogens is 1. The van der Waals surface area contributed by atoms with Gasteiger partial charge in [0.25, 0.3) is 5.91 Å². The molecule has 2 heterocycles. The Kier molecular flexibility index (Phi) is 7.14. The molecule has 3 aromatic carbocycles. The largest absolute Gasteiger partial charge is 0.393 e. The molecule has 0 aliphatic carbocycles. The quantitative estimate of drug-likeness (QED) is 0.207. The van der Waals surface area contributed by atoms with E-state index in [4.69, 9.17) is 0 Å². The predicted octanol–water partition coefficient (Wildman–Crippen LogP) is 6.33. The van der Waals surface area contributed by atoms with Crippen molar-refractivity contribution < 1.29 is 9.90 Å². The Hall–Kier alpha value is -4.23. The zero-order chi connectivity index (χ0) is 25.8. The summed E-state index contributed by atoms with van der Waals surface area (Å²) in [5.74, 6) is -0.119. The van der Waals surface area contributed by atoms with E-state index in [1.54, 1.807) is 0 Å². The van der Waals surface area contributed by atoms with E-state index in [9.17, 15) is 9.90 Å². The van der Waals surface area contributed by atoms with Crippen molar-refractivity contribution in [2.75, 3.05) is 33.9 Å². The van der Waals surface area contributed by atoms with Crippen molar-refractivity contribution >= 4 is 40.0 Å². The molecule has 1 amide bonds. The van der Waals surface area contributed by atoms with Gasteiger partial charge in [0.15, 0.2) is 0 Å². The molecule has 37 heavy (non-hydrogen) atoms. The topological polar surface area (TPSA) is 92.4 Å². The molecule has 5 rings (SSSR count). The number of benzene rings is 3. The molecular formula is C30H33N5O2. The van der Waals surface area contributed by atoms with Gasteiger partial charge in [-0.25, -0.2) is 0 Å². The van der Waals surface area contributed by atoms with Gasteiger partial charge in [-0.15, -0.1) is 0 Å². The maximum absolute atomic E-state index is 12.5. The second-order valence-electron chi connectivity index (χ2n) is 9.61. The zero-order valence-corrected chi connectivity index (χ0v) is 21.2. The Bertz CT molecular complexity index is 1340. The first-order chi connectivity index (χ1) is 17.9. The maximum atomic E-state index is 12.5. The van der Waals surface area contributed by atoms with E-state index in [0.717, 1.165) is 65.8 Å². The molecule has 0 radical (unpaired) electrons. The second-order valence-corrected chi connectivity index (χ2v) is 9.61. The van der Waals surface area contributed by atoms with E-state index in [1.807, 2.05) is 68.4 Å². The van der Waals surface area contributed by atoms with Gasteiger partial charge in [0.05, 0.1) is 11.7 Å². The van der Waals surface area contributed by atoms with Crippen LogP contribution in [0, 0.1) is 13.8 Å². The lowest BCUT2D eigenvalue weighted by Gasteiger charge is -2.31. The van der Waals surface area contributed by atoms with Crippen LogP contribution < -0.4 is 20.9 Å². The molecule has 1 aromatic heterocycles. The number of aryl methyl sites for hydroxylation is 2. The lowest BCUT2D eigenvalue weighted by atomic mass is 10.1. The highest BCUT2D eigenvalue weighted by atomic mass is 16.3. The molecule has 0 bridgehead atoms. The van der Waals surface area contributed by atoms with Crippen LogP contribution in [0.25, 0.3) is 0 Å². The van der Waals surface area contributed by atoms with Gasteiger partial charge in [-0.3, -0.25) is 4.79 Å². The SMILES string of the molecule is Cc1cc(C(=O)Nc2ccc(Nc3ccc(Nc4ccc(N5CCC(O)CC5)cc4)cc3)cc2)c(C)[nH]1. The molecule has 0 unspecified atom stereocenters. The van der Waals surface area contributed by atoms with Crippen LogP contribution in [0.2, 0.25) is 0 Å². The minimum atomic E-state index is -0.161. The molecule has 1 fully saturated rings. The van der Waals surface area contributed by atoms with Gasteiger partial charge in [0.1, 0.15) is 0 Å². The van der Waals surface area contributed by atoms with Crippen LogP contribution in [-0.4, -0.2) is 35.2 Å². The Morgan fingerprint density at radius 2 is 1.24 bits per heavy atom. The lowest BCUT2D eigenvalue weighted by Crippen LogP contribution is -2.35. The molecule has 190 valence electrons. The van der Waals surface area contributed by atoms with Crippen LogP contribution in [0.3, 0.4) is 0 Å².